The molecule has 3 aliphatic rings. The molecule has 1 N–H and O–H groups in total. The summed E-state index contributed by atoms with van der Waals surface area (Å²) in [4.78, 5) is 38.8. The average molecular weight is 559 g/mol. The number of nitrogens with zero attached hydrogens (tertiary/aromatic N) is 4. The van der Waals surface area contributed by atoms with Crippen LogP contribution in [-0.4, -0.2) is 71.6 Å². The van der Waals surface area contributed by atoms with Gasteiger partial charge >= 0.3 is 5.97 Å². The van der Waals surface area contributed by atoms with Gasteiger partial charge in [0.25, 0.3) is 5.91 Å². The maximum absolute atomic E-state index is 13.5. The second-order valence-electron chi connectivity index (χ2n) is 10.7. The molecule has 2 unspecified atom stereocenters. The van der Waals surface area contributed by atoms with E-state index in [0.717, 1.165) is 30.1 Å². The van der Waals surface area contributed by atoms with Gasteiger partial charge in [-0.05, 0) is 62.9 Å². The van der Waals surface area contributed by atoms with E-state index in [1.807, 2.05) is 47.4 Å². The Morgan fingerprint density at radius 3 is 2.42 bits per heavy atom. The van der Waals surface area contributed by atoms with Crippen molar-refractivity contribution in [3.63, 3.8) is 0 Å². The molecule has 7 nitrogen and oxygen atoms in total. The lowest BCUT2D eigenvalue weighted by Gasteiger charge is -2.37. The van der Waals surface area contributed by atoms with E-state index in [1.54, 1.807) is 0 Å². The molecule has 1 fully saturated rings. The number of carboxylic acid groups (broad SMARTS) is 1. The summed E-state index contributed by atoms with van der Waals surface area (Å²) in [6, 6.07) is 13.6. The van der Waals surface area contributed by atoms with Crippen molar-refractivity contribution >= 4 is 40.6 Å². The summed E-state index contributed by atoms with van der Waals surface area (Å²) in [6.45, 7) is 7.18. The van der Waals surface area contributed by atoms with Gasteiger partial charge in [-0.25, -0.2) is 0 Å². The van der Waals surface area contributed by atoms with Crippen molar-refractivity contribution in [3.8, 4) is 0 Å². The molecule has 2 aromatic carbocycles. The molecule has 2 heterocycles. The number of hydrogen-bond acceptors (Lipinski definition) is 5. The highest BCUT2D eigenvalue weighted by Crippen LogP contribution is 2.27. The predicted molar refractivity (Wildman–Crippen MR) is 161 cm³/mol. The normalized spacial score (nSPS) is 20.4. The van der Waals surface area contributed by atoms with Crippen molar-refractivity contribution in [1.29, 1.82) is 0 Å². The minimum absolute atomic E-state index is 0.0284. The molecule has 0 bridgehead atoms. The average Bonchev–Trinajstić information content (AvgIpc) is 2.95. The predicted octanol–water partition coefficient (Wildman–Crippen LogP) is 5.43. The zero-order chi connectivity index (χ0) is 28.2. The number of piperazine rings is 1. The third-order valence-corrected chi connectivity index (χ3v) is 7.96. The number of aryl methyl sites for hydroxylation is 2. The first-order valence-corrected chi connectivity index (χ1v) is 14.3. The molecule has 8 heteroatoms. The quantitative estimate of drug-likeness (QED) is 0.438. The van der Waals surface area contributed by atoms with E-state index in [0.29, 0.717) is 42.9 Å². The summed E-state index contributed by atoms with van der Waals surface area (Å²) < 4.78 is 0. The molecule has 1 saturated heterocycles. The lowest BCUT2D eigenvalue weighted by molar-refractivity contribution is -0.137. The Kier molecular flexibility index (Phi) is 8.50. The standard InChI is InChI=1S/C32H35ClN4O3/c1-21-7-14-29(22(2)19-21)36-15-17-37(18-16-36)32(40)24-10-13-26-28(20-24)34-27(5-3-4-6-30(38)39)31(35-26)23-8-11-25(33)12-9-23/h7-14,19-20,26,28H,3-6,15-18H2,1-2H3,(H,38,39). The number of carboxylic acids is 1. The highest BCUT2D eigenvalue weighted by atomic mass is 35.5. The number of carbonyl (C=O) groups excluding carboxylic acids is 1. The Morgan fingerprint density at radius 1 is 0.975 bits per heavy atom. The number of fused-ring (bicyclic) bond motifs is 1. The largest absolute Gasteiger partial charge is 0.481 e. The van der Waals surface area contributed by atoms with Gasteiger partial charge in [-0.2, -0.15) is 0 Å². The number of unbranched alkanes of at least 4 members (excludes halogenated alkanes) is 1. The molecular weight excluding hydrogens is 524 g/mol. The van der Waals surface area contributed by atoms with E-state index in [2.05, 4.69) is 36.9 Å². The van der Waals surface area contributed by atoms with E-state index < -0.39 is 5.97 Å². The van der Waals surface area contributed by atoms with Crippen molar-refractivity contribution in [2.75, 3.05) is 31.1 Å². The first kappa shape index (κ1) is 27.8. The molecular formula is C32H35ClN4O3. The van der Waals surface area contributed by atoms with Gasteiger partial charge in [0.2, 0.25) is 0 Å². The zero-order valence-corrected chi connectivity index (χ0v) is 23.8. The van der Waals surface area contributed by atoms with E-state index in [9.17, 15) is 9.59 Å². The Hall–Kier alpha value is -3.71. The molecule has 1 amide bonds. The Bertz CT molecular complexity index is 1400. The molecule has 2 atom stereocenters. The van der Waals surface area contributed by atoms with Gasteiger partial charge in [0.1, 0.15) is 0 Å². The number of carbonyl (C=O) groups is 2. The molecule has 0 saturated carbocycles. The Labute approximate surface area is 240 Å². The van der Waals surface area contributed by atoms with Gasteiger partial charge in [-0.15, -0.1) is 0 Å². The van der Waals surface area contributed by atoms with Crippen LogP contribution in [0.2, 0.25) is 5.02 Å². The van der Waals surface area contributed by atoms with E-state index in [4.69, 9.17) is 26.7 Å². The van der Waals surface area contributed by atoms with E-state index in [-0.39, 0.29) is 24.4 Å². The van der Waals surface area contributed by atoms with Crippen molar-refractivity contribution in [1.82, 2.24) is 4.90 Å². The summed E-state index contributed by atoms with van der Waals surface area (Å²) >= 11 is 6.11. The number of rotatable bonds is 8. The highest BCUT2D eigenvalue weighted by Gasteiger charge is 2.31. The Morgan fingerprint density at radius 2 is 1.73 bits per heavy atom. The third-order valence-electron chi connectivity index (χ3n) is 7.71. The summed E-state index contributed by atoms with van der Waals surface area (Å²) in [7, 11) is 0. The van der Waals surface area contributed by atoms with Gasteiger partial charge in [0, 0.05) is 54.4 Å². The topological polar surface area (TPSA) is 85.6 Å². The minimum atomic E-state index is -0.796. The van der Waals surface area contributed by atoms with Crippen molar-refractivity contribution in [2.24, 2.45) is 9.98 Å². The summed E-state index contributed by atoms with van der Waals surface area (Å²) in [5.74, 6) is -0.767. The highest BCUT2D eigenvalue weighted by molar-refractivity contribution is 6.49. The fourth-order valence-corrected chi connectivity index (χ4v) is 5.71. The number of benzene rings is 2. The smallest absolute Gasteiger partial charge is 0.303 e. The molecule has 208 valence electrons. The van der Waals surface area contributed by atoms with Crippen LogP contribution in [0.5, 0.6) is 0 Å². The fraction of sp³-hybridized carbons (Fsp3) is 0.375. The lowest BCUT2D eigenvalue weighted by Crippen LogP contribution is -2.49. The molecule has 2 aliphatic heterocycles. The van der Waals surface area contributed by atoms with Crippen LogP contribution in [-0.2, 0) is 9.59 Å². The fourth-order valence-electron chi connectivity index (χ4n) is 5.59. The molecule has 5 rings (SSSR count). The summed E-state index contributed by atoms with van der Waals surface area (Å²) in [6.07, 6.45) is 7.84. The second-order valence-corrected chi connectivity index (χ2v) is 11.1. The minimum Gasteiger partial charge on any atom is -0.481 e. The van der Waals surface area contributed by atoms with Gasteiger partial charge in [-0.1, -0.05) is 53.6 Å². The van der Waals surface area contributed by atoms with Crippen molar-refractivity contribution < 1.29 is 14.7 Å². The van der Waals surface area contributed by atoms with Crippen LogP contribution in [0.4, 0.5) is 5.69 Å². The van der Waals surface area contributed by atoms with Crippen LogP contribution in [0.25, 0.3) is 0 Å². The maximum Gasteiger partial charge on any atom is 0.303 e. The third kappa shape index (κ3) is 6.36. The summed E-state index contributed by atoms with van der Waals surface area (Å²) in [5, 5.41) is 9.67. The number of hydrogen-bond donors (Lipinski definition) is 1. The van der Waals surface area contributed by atoms with Crippen molar-refractivity contribution in [3.05, 3.63) is 88.0 Å². The molecule has 2 aromatic rings. The van der Waals surface area contributed by atoms with Gasteiger partial charge in [0.15, 0.2) is 0 Å². The van der Waals surface area contributed by atoms with Crippen LogP contribution in [0, 0.1) is 13.8 Å². The number of anilines is 1. The molecule has 40 heavy (non-hydrogen) atoms. The summed E-state index contributed by atoms with van der Waals surface area (Å²) in [5.41, 5.74) is 6.98. The van der Waals surface area contributed by atoms with Gasteiger partial charge < -0.3 is 14.9 Å². The van der Waals surface area contributed by atoms with Crippen LogP contribution >= 0.6 is 11.6 Å². The van der Waals surface area contributed by atoms with Crippen LogP contribution in [0.1, 0.15) is 42.4 Å². The number of halogens is 1. The first-order chi connectivity index (χ1) is 19.3. The van der Waals surface area contributed by atoms with E-state index in [1.165, 1.54) is 16.8 Å². The number of amides is 1. The zero-order valence-electron chi connectivity index (χ0n) is 23.0. The molecule has 0 radical (unpaired) electrons. The number of aliphatic imine (C=N–C) groups is 2. The molecule has 1 aliphatic carbocycles. The van der Waals surface area contributed by atoms with Gasteiger partial charge in [0.05, 0.1) is 23.5 Å². The SMILES string of the molecule is Cc1ccc(N2CCN(C(=O)C3=CC4N=C(CCCCC(=O)O)C(c5ccc(Cl)cc5)=NC4C=C3)CC2)c(C)c1. The first-order valence-electron chi connectivity index (χ1n) is 13.9. The molecule has 0 aromatic heterocycles. The van der Waals surface area contributed by atoms with Crippen LogP contribution in [0.3, 0.4) is 0 Å². The van der Waals surface area contributed by atoms with Gasteiger partial charge in [-0.3, -0.25) is 19.6 Å². The van der Waals surface area contributed by atoms with Crippen LogP contribution in [0.15, 0.2) is 76.3 Å². The van der Waals surface area contributed by atoms with Crippen LogP contribution < -0.4 is 4.90 Å². The van der Waals surface area contributed by atoms with Crippen molar-refractivity contribution in [2.45, 2.75) is 51.6 Å². The molecule has 0 spiro atoms. The van der Waals surface area contributed by atoms with E-state index >= 15 is 0 Å². The maximum atomic E-state index is 13.5. The monoisotopic (exact) mass is 558 g/mol. The lowest BCUT2D eigenvalue weighted by atomic mass is 9.92. The number of aliphatic carboxylic acids is 1. The second kappa shape index (κ2) is 12.2. The Balaban J connectivity index is 1.29.